The molecule has 3 aromatic carbocycles. The number of nitrogens with zero attached hydrogens (tertiary/aromatic N) is 1. The molecule has 0 aliphatic carbocycles. The highest BCUT2D eigenvalue weighted by Gasteiger charge is 2.34. The molecule has 0 spiro atoms. The number of likely N-dealkylation sites (tertiary alicyclic amines) is 1. The molecule has 6 nitrogen and oxygen atoms in total. The number of para-hydroxylation sites is 1. The molecule has 0 saturated carbocycles. The number of anilines is 2. The first-order chi connectivity index (χ1) is 16.0. The van der Waals surface area contributed by atoms with Crippen LogP contribution in [0.1, 0.15) is 27.9 Å². The number of hydrogen-bond acceptors (Lipinski definition) is 3. The van der Waals surface area contributed by atoms with Gasteiger partial charge in [0.1, 0.15) is 0 Å². The fourth-order valence-corrected chi connectivity index (χ4v) is 4.02. The first kappa shape index (κ1) is 22.3. The van der Waals surface area contributed by atoms with Crippen molar-refractivity contribution in [2.75, 3.05) is 23.7 Å². The Morgan fingerprint density at radius 1 is 0.939 bits per heavy atom. The summed E-state index contributed by atoms with van der Waals surface area (Å²) in [7, 11) is 0. The lowest BCUT2D eigenvalue weighted by atomic mass is 10.1. The van der Waals surface area contributed by atoms with E-state index < -0.39 is 5.92 Å². The molecule has 1 atom stereocenters. The maximum absolute atomic E-state index is 12.9. The lowest BCUT2D eigenvalue weighted by molar-refractivity contribution is -0.128. The minimum atomic E-state index is -0.443. The van der Waals surface area contributed by atoms with Crippen LogP contribution in [0.4, 0.5) is 11.4 Å². The van der Waals surface area contributed by atoms with Crippen LogP contribution in [0.2, 0.25) is 0 Å². The summed E-state index contributed by atoms with van der Waals surface area (Å²) in [5, 5.41) is 5.74. The van der Waals surface area contributed by atoms with E-state index >= 15 is 0 Å². The van der Waals surface area contributed by atoms with Gasteiger partial charge in [0.05, 0.1) is 17.2 Å². The third-order valence-corrected chi connectivity index (χ3v) is 5.80. The number of carbonyl (C=O) groups is 3. The van der Waals surface area contributed by atoms with Crippen LogP contribution in [0, 0.1) is 12.8 Å². The molecule has 0 bridgehead atoms. The molecular formula is C27H27N3O3. The van der Waals surface area contributed by atoms with Gasteiger partial charge in [-0.1, -0.05) is 54.6 Å². The molecule has 6 heteroatoms. The Kier molecular flexibility index (Phi) is 6.83. The zero-order valence-corrected chi connectivity index (χ0v) is 18.6. The molecule has 33 heavy (non-hydrogen) atoms. The topological polar surface area (TPSA) is 78.5 Å². The van der Waals surface area contributed by atoms with Crippen molar-refractivity contribution in [1.82, 2.24) is 4.90 Å². The first-order valence-corrected chi connectivity index (χ1v) is 11.1. The summed E-state index contributed by atoms with van der Waals surface area (Å²) in [6.07, 6.45) is 0.932. The maximum atomic E-state index is 12.9. The van der Waals surface area contributed by atoms with E-state index in [-0.39, 0.29) is 24.1 Å². The van der Waals surface area contributed by atoms with Gasteiger partial charge >= 0.3 is 0 Å². The van der Waals surface area contributed by atoms with Crippen LogP contribution in [0.15, 0.2) is 78.9 Å². The van der Waals surface area contributed by atoms with Gasteiger partial charge < -0.3 is 15.5 Å². The molecule has 1 heterocycles. The average molecular weight is 442 g/mol. The molecule has 0 aromatic heterocycles. The van der Waals surface area contributed by atoms with Gasteiger partial charge in [0, 0.05) is 25.2 Å². The van der Waals surface area contributed by atoms with Crippen molar-refractivity contribution in [2.45, 2.75) is 19.8 Å². The van der Waals surface area contributed by atoms with Crippen LogP contribution in [0.5, 0.6) is 0 Å². The van der Waals surface area contributed by atoms with E-state index in [0.717, 1.165) is 17.5 Å². The lowest BCUT2D eigenvalue weighted by Crippen LogP contribution is -2.30. The summed E-state index contributed by atoms with van der Waals surface area (Å²) in [6.45, 7) is 2.92. The minimum Gasteiger partial charge on any atom is -0.342 e. The second kappa shape index (κ2) is 10.1. The van der Waals surface area contributed by atoms with Crippen molar-refractivity contribution in [1.29, 1.82) is 0 Å². The predicted molar refractivity (Wildman–Crippen MR) is 129 cm³/mol. The van der Waals surface area contributed by atoms with Crippen LogP contribution in [0.3, 0.4) is 0 Å². The summed E-state index contributed by atoms with van der Waals surface area (Å²) in [6, 6.07) is 24.4. The van der Waals surface area contributed by atoms with Gasteiger partial charge in [-0.2, -0.15) is 0 Å². The van der Waals surface area contributed by atoms with Crippen LogP contribution < -0.4 is 10.6 Å². The highest BCUT2D eigenvalue weighted by atomic mass is 16.2. The van der Waals surface area contributed by atoms with Gasteiger partial charge in [-0.3, -0.25) is 14.4 Å². The van der Waals surface area contributed by atoms with Crippen molar-refractivity contribution in [3.8, 4) is 0 Å². The molecule has 4 rings (SSSR count). The average Bonchev–Trinajstić information content (AvgIpc) is 3.19. The van der Waals surface area contributed by atoms with E-state index in [1.807, 2.05) is 61.5 Å². The van der Waals surface area contributed by atoms with Gasteiger partial charge in [0.15, 0.2) is 0 Å². The van der Waals surface area contributed by atoms with E-state index in [1.165, 1.54) is 0 Å². The summed E-state index contributed by atoms with van der Waals surface area (Å²) < 4.78 is 0. The van der Waals surface area contributed by atoms with Crippen molar-refractivity contribution in [3.05, 3.63) is 95.6 Å². The minimum absolute atomic E-state index is 0.0171. The van der Waals surface area contributed by atoms with E-state index in [0.29, 0.717) is 30.0 Å². The molecule has 1 aliphatic heterocycles. The molecule has 3 aromatic rings. The van der Waals surface area contributed by atoms with E-state index in [9.17, 15) is 14.4 Å². The molecule has 0 radical (unpaired) electrons. The zero-order chi connectivity index (χ0) is 23.2. The standard InChI is InChI=1S/C27H27N3O3/c1-19-8-7-11-22(16-19)28-27(33)23-12-5-6-13-24(23)29-26(32)21-17-25(31)30(18-21)15-14-20-9-3-2-4-10-20/h2-13,16,21H,14-15,17-18H2,1H3,(H,28,33)(H,29,32)/t21-/m1/s1. The third kappa shape index (κ3) is 5.66. The van der Waals surface area contributed by atoms with Gasteiger partial charge in [0.25, 0.3) is 5.91 Å². The van der Waals surface area contributed by atoms with Crippen molar-refractivity contribution in [3.63, 3.8) is 0 Å². The fraction of sp³-hybridized carbons (Fsp3) is 0.222. The Labute approximate surface area is 193 Å². The molecule has 1 fully saturated rings. The van der Waals surface area contributed by atoms with Crippen molar-refractivity contribution in [2.24, 2.45) is 5.92 Å². The molecule has 0 unspecified atom stereocenters. The number of benzene rings is 3. The van der Waals surface area contributed by atoms with E-state index in [2.05, 4.69) is 10.6 Å². The first-order valence-electron chi connectivity index (χ1n) is 11.1. The Bertz CT molecular complexity index is 1160. The largest absolute Gasteiger partial charge is 0.342 e. The van der Waals surface area contributed by atoms with E-state index in [4.69, 9.17) is 0 Å². The number of carbonyl (C=O) groups excluding carboxylic acids is 3. The van der Waals surface area contributed by atoms with Crippen LogP contribution in [0.25, 0.3) is 0 Å². The SMILES string of the molecule is Cc1cccc(NC(=O)c2ccccc2NC(=O)[C@@H]2CC(=O)N(CCc3ccccc3)C2)c1. The van der Waals surface area contributed by atoms with Gasteiger partial charge in [-0.25, -0.2) is 0 Å². The number of hydrogen-bond donors (Lipinski definition) is 2. The molecule has 1 aliphatic rings. The molecular weight excluding hydrogens is 414 g/mol. The normalized spacial score (nSPS) is 15.4. The predicted octanol–water partition coefficient (Wildman–Crippen LogP) is 4.28. The monoisotopic (exact) mass is 441 g/mol. The van der Waals surface area contributed by atoms with Gasteiger partial charge in [-0.15, -0.1) is 0 Å². The van der Waals surface area contributed by atoms with Crippen LogP contribution in [-0.4, -0.2) is 35.7 Å². The number of nitrogens with one attached hydrogen (secondary N) is 2. The summed E-state index contributed by atoms with van der Waals surface area (Å²) >= 11 is 0. The third-order valence-electron chi connectivity index (χ3n) is 5.80. The Morgan fingerprint density at radius 3 is 2.48 bits per heavy atom. The van der Waals surface area contributed by atoms with Crippen molar-refractivity contribution < 1.29 is 14.4 Å². The number of aryl methyl sites for hydroxylation is 1. The Balaban J connectivity index is 1.38. The fourth-order valence-electron chi connectivity index (χ4n) is 4.02. The Hall–Kier alpha value is -3.93. The second-order valence-electron chi connectivity index (χ2n) is 8.33. The van der Waals surface area contributed by atoms with Crippen LogP contribution in [-0.2, 0) is 16.0 Å². The van der Waals surface area contributed by atoms with Gasteiger partial charge in [-0.05, 0) is 48.7 Å². The summed E-state index contributed by atoms with van der Waals surface area (Å²) in [4.78, 5) is 40.0. The highest BCUT2D eigenvalue weighted by molar-refractivity contribution is 6.10. The Morgan fingerprint density at radius 2 is 1.70 bits per heavy atom. The molecule has 168 valence electrons. The van der Waals surface area contributed by atoms with Crippen LogP contribution >= 0.6 is 0 Å². The van der Waals surface area contributed by atoms with Gasteiger partial charge in [0.2, 0.25) is 11.8 Å². The molecule has 3 amide bonds. The lowest BCUT2D eigenvalue weighted by Gasteiger charge is -2.17. The van der Waals surface area contributed by atoms with Crippen molar-refractivity contribution >= 4 is 29.1 Å². The number of amides is 3. The zero-order valence-electron chi connectivity index (χ0n) is 18.6. The smallest absolute Gasteiger partial charge is 0.257 e. The summed E-state index contributed by atoms with van der Waals surface area (Å²) in [5.41, 5.74) is 3.70. The quantitative estimate of drug-likeness (QED) is 0.575. The highest BCUT2D eigenvalue weighted by Crippen LogP contribution is 2.23. The molecule has 1 saturated heterocycles. The second-order valence-corrected chi connectivity index (χ2v) is 8.33. The maximum Gasteiger partial charge on any atom is 0.257 e. The number of rotatable bonds is 7. The summed E-state index contributed by atoms with van der Waals surface area (Å²) in [5.74, 6) is -1.01. The van der Waals surface area contributed by atoms with E-state index in [1.54, 1.807) is 29.2 Å². The molecule has 2 N–H and O–H groups in total.